The minimum Gasteiger partial charge on any atom is -0.493 e. The molecule has 0 bridgehead atoms. The molecule has 1 unspecified atom stereocenters. The second-order valence-corrected chi connectivity index (χ2v) is 8.54. The molecule has 160 valence electrons. The molecule has 8 heteroatoms. The van der Waals surface area contributed by atoms with Crippen LogP contribution in [0.15, 0.2) is 23.6 Å². The number of amides is 1. The summed E-state index contributed by atoms with van der Waals surface area (Å²) in [6.07, 6.45) is 4.66. The largest absolute Gasteiger partial charge is 0.493 e. The number of likely N-dealkylation sites (tertiary alicyclic amines) is 1. The van der Waals surface area contributed by atoms with Gasteiger partial charge in [-0.15, -0.1) is 11.3 Å². The number of nitrogens with zero attached hydrogens (tertiary/aromatic N) is 2. The van der Waals surface area contributed by atoms with Crippen LogP contribution in [0.1, 0.15) is 37.8 Å². The number of methoxy groups -OCH3 is 2. The Labute approximate surface area is 180 Å². The first-order valence-electron chi connectivity index (χ1n) is 10.2. The zero-order valence-electron chi connectivity index (χ0n) is 17.3. The fraction of sp³-hybridized carbons (Fsp3) is 0.500. The number of hydrogen-bond acceptors (Lipinski definition) is 7. The molecule has 30 heavy (non-hydrogen) atoms. The van der Waals surface area contributed by atoms with E-state index in [1.165, 1.54) is 11.3 Å². The summed E-state index contributed by atoms with van der Waals surface area (Å²) < 4.78 is 16.3. The van der Waals surface area contributed by atoms with Crippen LogP contribution in [0.4, 0.5) is 0 Å². The number of hydrogen-bond donors (Lipinski definition) is 0. The molecule has 0 radical (unpaired) electrons. The summed E-state index contributed by atoms with van der Waals surface area (Å²) in [5.41, 5.74) is 1.50. The summed E-state index contributed by atoms with van der Waals surface area (Å²) in [5, 5.41) is 2.63. The summed E-state index contributed by atoms with van der Waals surface area (Å²) in [5.74, 6) is 0.627. The Kier molecular flexibility index (Phi) is 6.22. The molecule has 1 saturated carbocycles. The zero-order chi connectivity index (χ0) is 21.1. The Morgan fingerprint density at radius 3 is 2.77 bits per heavy atom. The standard InChI is InChI=1S/C22H26N2O5S/c1-27-18-9-5-8-17(20(18)28-2)21-23-15(13-30-21)12-29-22(26)14-10-19(25)24(11-14)16-6-3-4-7-16/h5,8-9,13-14,16H,3-4,6-7,10-12H2,1-2H3. The lowest BCUT2D eigenvalue weighted by Crippen LogP contribution is -2.35. The van der Waals surface area contributed by atoms with Crippen molar-refractivity contribution in [3.05, 3.63) is 29.3 Å². The number of aromatic nitrogens is 1. The molecule has 1 amide bonds. The molecule has 1 aromatic carbocycles. The maximum atomic E-state index is 12.5. The van der Waals surface area contributed by atoms with Crippen LogP contribution in [-0.4, -0.2) is 48.6 Å². The number of benzene rings is 1. The number of rotatable bonds is 7. The zero-order valence-corrected chi connectivity index (χ0v) is 18.1. The van der Waals surface area contributed by atoms with Gasteiger partial charge in [0.1, 0.15) is 11.6 Å². The Balaban J connectivity index is 1.37. The molecule has 7 nitrogen and oxygen atoms in total. The lowest BCUT2D eigenvalue weighted by atomic mass is 10.1. The van der Waals surface area contributed by atoms with Crippen LogP contribution in [-0.2, 0) is 20.9 Å². The molecule has 2 heterocycles. The number of thiazole rings is 1. The van der Waals surface area contributed by atoms with Gasteiger partial charge in [-0.25, -0.2) is 4.98 Å². The van der Waals surface area contributed by atoms with Gasteiger partial charge in [-0.05, 0) is 25.0 Å². The molecule has 1 atom stereocenters. The maximum absolute atomic E-state index is 12.5. The fourth-order valence-corrected chi connectivity index (χ4v) is 5.10. The van der Waals surface area contributed by atoms with Gasteiger partial charge in [0, 0.05) is 24.4 Å². The van der Waals surface area contributed by atoms with Gasteiger partial charge in [0.25, 0.3) is 0 Å². The molecule has 0 spiro atoms. The van der Waals surface area contributed by atoms with Gasteiger partial charge in [-0.2, -0.15) is 0 Å². The van der Waals surface area contributed by atoms with Gasteiger partial charge in [0.05, 0.1) is 31.4 Å². The van der Waals surface area contributed by atoms with E-state index in [2.05, 4.69) is 4.98 Å². The number of carbonyl (C=O) groups is 2. The summed E-state index contributed by atoms with van der Waals surface area (Å²) in [4.78, 5) is 31.3. The first-order chi connectivity index (χ1) is 14.6. The number of ether oxygens (including phenoxy) is 3. The van der Waals surface area contributed by atoms with E-state index >= 15 is 0 Å². The highest BCUT2D eigenvalue weighted by Crippen LogP contribution is 2.39. The molecule has 2 fully saturated rings. The van der Waals surface area contributed by atoms with Crippen molar-refractivity contribution in [1.82, 2.24) is 9.88 Å². The lowest BCUT2D eigenvalue weighted by Gasteiger charge is -2.23. The average molecular weight is 431 g/mol. The van der Waals surface area contributed by atoms with Gasteiger partial charge in [-0.3, -0.25) is 9.59 Å². The van der Waals surface area contributed by atoms with E-state index < -0.39 is 0 Å². The van der Waals surface area contributed by atoms with E-state index in [4.69, 9.17) is 14.2 Å². The van der Waals surface area contributed by atoms with Gasteiger partial charge in [0.2, 0.25) is 5.91 Å². The Bertz CT molecular complexity index is 922. The summed E-state index contributed by atoms with van der Waals surface area (Å²) in [7, 11) is 3.19. The fourth-order valence-electron chi connectivity index (χ4n) is 4.27. The molecular weight excluding hydrogens is 404 g/mol. The third-order valence-corrected chi connectivity index (χ3v) is 6.73. The second kappa shape index (κ2) is 9.04. The highest BCUT2D eigenvalue weighted by atomic mass is 32.1. The monoisotopic (exact) mass is 430 g/mol. The normalized spacial score (nSPS) is 19.3. The highest BCUT2D eigenvalue weighted by Gasteiger charge is 2.39. The van der Waals surface area contributed by atoms with Gasteiger partial charge >= 0.3 is 5.97 Å². The smallest absolute Gasteiger partial charge is 0.311 e. The molecule has 1 aliphatic heterocycles. The van der Waals surface area contributed by atoms with Crippen LogP contribution in [0, 0.1) is 5.92 Å². The summed E-state index contributed by atoms with van der Waals surface area (Å²) >= 11 is 1.45. The van der Waals surface area contributed by atoms with E-state index in [1.54, 1.807) is 14.2 Å². The molecule has 0 N–H and O–H groups in total. The van der Waals surface area contributed by atoms with Crippen molar-refractivity contribution in [3.8, 4) is 22.1 Å². The topological polar surface area (TPSA) is 78.0 Å². The SMILES string of the molecule is COc1cccc(-c2nc(COC(=O)C3CC(=O)N(C4CCCC4)C3)cs2)c1OC. The van der Waals surface area contributed by atoms with Crippen molar-refractivity contribution in [2.45, 2.75) is 44.8 Å². The average Bonchev–Trinajstić information content (AvgIpc) is 3.52. The van der Waals surface area contributed by atoms with Crippen LogP contribution >= 0.6 is 11.3 Å². The van der Waals surface area contributed by atoms with E-state index in [1.807, 2.05) is 28.5 Å². The van der Waals surface area contributed by atoms with Crippen molar-refractivity contribution in [1.29, 1.82) is 0 Å². The van der Waals surface area contributed by atoms with E-state index in [-0.39, 0.29) is 30.8 Å². The van der Waals surface area contributed by atoms with Crippen molar-refractivity contribution in [3.63, 3.8) is 0 Å². The molecule has 1 saturated heterocycles. The Morgan fingerprint density at radius 1 is 1.23 bits per heavy atom. The van der Waals surface area contributed by atoms with Crippen molar-refractivity contribution in [2.24, 2.45) is 5.92 Å². The predicted molar refractivity (Wildman–Crippen MR) is 113 cm³/mol. The first kappa shape index (κ1) is 20.7. The van der Waals surface area contributed by atoms with Crippen LogP contribution in [0.5, 0.6) is 11.5 Å². The van der Waals surface area contributed by atoms with Crippen LogP contribution < -0.4 is 9.47 Å². The number of esters is 1. The molecule has 2 aromatic rings. The molecule has 4 rings (SSSR count). The molecule has 2 aliphatic rings. The molecule has 1 aliphatic carbocycles. The van der Waals surface area contributed by atoms with E-state index in [0.717, 1.165) is 36.3 Å². The van der Waals surface area contributed by atoms with Crippen LogP contribution in [0.2, 0.25) is 0 Å². The third kappa shape index (κ3) is 4.14. The van der Waals surface area contributed by atoms with Crippen LogP contribution in [0.3, 0.4) is 0 Å². The second-order valence-electron chi connectivity index (χ2n) is 7.68. The van der Waals surface area contributed by atoms with Crippen LogP contribution in [0.25, 0.3) is 10.6 Å². The summed E-state index contributed by atoms with van der Waals surface area (Å²) in [6, 6.07) is 5.92. The minimum atomic E-state index is -0.380. The number of carbonyl (C=O) groups excluding carboxylic acids is 2. The van der Waals surface area contributed by atoms with Gasteiger partial charge in [0.15, 0.2) is 11.5 Å². The lowest BCUT2D eigenvalue weighted by molar-refractivity contribution is -0.149. The highest BCUT2D eigenvalue weighted by molar-refractivity contribution is 7.13. The van der Waals surface area contributed by atoms with E-state index in [9.17, 15) is 9.59 Å². The minimum absolute atomic E-state index is 0.0740. The van der Waals surface area contributed by atoms with E-state index in [0.29, 0.717) is 29.8 Å². The Morgan fingerprint density at radius 2 is 2.03 bits per heavy atom. The quantitative estimate of drug-likeness (QED) is 0.624. The summed E-state index contributed by atoms with van der Waals surface area (Å²) in [6.45, 7) is 0.571. The van der Waals surface area contributed by atoms with Crippen molar-refractivity contribution in [2.75, 3.05) is 20.8 Å². The first-order valence-corrected chi connectivity index (χ1v) is 11.1. The Hall–Kier alpha value is -2.61. The third-order valence-electron chi connectivity index (χ3n) is 5.80. The van der Waals surface area contributed by atoms with Crippen molar-refractivity contribution >= 4 is 23.2 Å². The van der Waals surface area contributed by atoms with Gasteiger partial charge < -0.3 is 19.1 Å². The number of para-hydroxylation sites is 1. The molecular formula is C22H26N2O5S. The molecule has 1 aromatic heterocycles. The maximum Gasteiger partial charge on any atom is 0.311 e. The van der Waals surface area contributed by atoms with Gasteiger partial charge in [-0.1, -0.05) is 18.9 Å². The predicted octanol–water partition coefficient (Wildman–Crippen LogP) is 3.66. The van der Waals surface area contributed by atoms with Crippen molar-refractivity contribution < 1.29 is 23.8 Å².